The Kier molecular flexibility index (Phi) is 5.62. The van der Waals surface area contributed by atoms with Crippen LogP contribution in [-0.4, -0.2) is 15.8 Å². The Morgan fingerprint density at radius 2 is 1.58 bits per heavy atom. The Balaban J connectivity index is 2.24. The first-order valence-corrected chi connectivity index (χ1v) is 8.27. The van der Waals surface area contributed by atoms with Gasteiger partial charge in [-0.2, -0.15) is 0 Å². The number of alkyl halides is 1. The summed E-state index contributed by atoms with van der Waals surface area (Å²) in [5.74, 6) is 1.31. The summed E-state index contributed by atoms with van der Waals surface area (Å²) in [6.07, 6.45) is 1.82. The normalized spacial score (nSPS) is 12.3. The predicted octanol–water partition coefficient (Wildman–Crippen LogP) is 4.48. The van der Waals surface area contributed by atoms with Crippen LogP contribution in [0.3, 0.4) is 0 Å². The Labute approximate surface area is 122 Å². The Bertz CT molecular complexity index is 539. The number of unbranched alkanes of at least 4 members (excludes halogenated alkanes) is 1. The van der Waals surface area contributed by atoms with Gasteiger partial charge in [0.1, 0.15) is 0 Å². The van der Waals surface area contributed by atoms with Gasteiger partial charge in [0.2, 0.25) is 0 Å². The lowest BCUT2D eigenvalue weighted by Gasteiger charge is -2.09. The van der Waals surface area contributed by atoms with Gasteiger partial charge < -0.3 is 0 Å². The molecule has 0 aliphatic carbocycles. The maximum absolute atomic E-state index is 12.4. The lowest BCUT2D eigenvalue weighted by atomic mass is 10.1. The van der Waals surface area contributed by atoms with E-state index in [9.17, 15) is 4.21 Å². The summed E-state index contributed by atoms with van der Waals surface area (Å²) in [4.78, 5) is 0.920. The lowest BCUT2D eigenvalue weighted by Crippen LogP contribution is -2.00. The fourth-order valence-corrected chi connectivity index (χ4v) is 3.50. The minimum atomic E-state index is -0.956. The lowest BCUT2D eigenvalue weighted by molar-refractivity contribution is 0.680. The average molecular weight is 293 g/mol. The first-order chi connectivity index (χ1) is 9.33. The molecule has 0 fully saturated rings. The predicted molar refractivity (Wildman–Crippen MR) is 83.1 cm³/mol. The molecule has 1 unspecified atom stereocenters. The van der Waals surface area contributed by atoms with Crippen LogP contribution in [-0.2, 0) is 10.8 Å². The molecule has 0 bridgehead atoms. The van der Waals surface area contributed by atoms with E-state index >= 15 is 0 Å². The van der Waals surface area contributed by atoms with Crippen LogP contribution in [0.4, 0.5) is 0 Å². The van der Waals surface area contributed by atoms with Crippen molar-refractivity contribution >= 4 is 22.4 Å². The zero-order valence-corrected chi connectivity index (χ0v) is 12.3. The van der Waals surface area contributed by atoms with Crippen molar-refractivity contribution in [2.75, 3.05) is 11.6 Å². The van der Waals surface area contributed by atoms with E-state index in [0.29, 0.717) is 11.6 Å². The minimum Gasteiger partial charge on any atom is -0.254 e. The smallest absolute Gasteiger partial charge is 0.0535 e. The quantitative estimate of drug-likeness (QED) is 0.567. The number of hydrogen-bond acceptors (Lipinski definition) is 1. The molecule has 19 heavy (non-hydrogen) atoms. The Morgan fingerprint density at radius 3 is 2.32 bits per heavy atom. The third-order valence-corrected chi connectivity index (χ3v) is 4.70. The van der Waals surface area contributed by atoms with Crippen LogP contribution in [0.25, 0.3) is 11.1 Å². The van der Waals surface area contributed by atoms with Crippen molar-refractivity contribution < 1.29 is 4.21 Å². The zero-order chi connectivity index (χ0) is 13.5. The third-order valence-electron chi connectivity index (χ3n) is 2.93. The van der Waals surface area contributed by atoms with Crippen molar-refractivity contribution in [1.29, 1.82) is 0 Å². The fourth-order valence-electron chi connectivity index (χ4n) is 1.96. The Morgan fingerprint density at radius 1 is 0.895 bits per heavy atom. The maximum Gasteiger partial charge on any atom is 0.0535 e. The summed E-state index contributed by atoms with van der Waals surface area (Å²) in [5, 5.41) is 0. The highest BCUT2D eigenvalue weighted by molar-refractivity contribution is 7.85. The van der Waals surface area contributed by atoms with Crippen LogP contribution in [0.1, 0.15) is 12.8 Å². The van der Waals surface area contributed by atoms with Gasteiger partial charge in [-0.15, -0.1) is 11.6 Å². The second kappa shape index (κ2) is 7.46. The molecule has 0 N–H and O–H groups in total. The van der Waals surface area contributed by atoms with Crippen LogP contribution in [0.15, 0.2) is 59.5 Å². The van der Waals surface area contributed by atoms with Gasteiger partial charge in [-0.3, -0.25) is 4.21 Å². The summed E-state index contributed by atoms with van der Waals surface area (Å²) < 4.78 is 12.4. The molecule has 2 aromatic carbocycles. The van der Waals surface area contributed by atoms with E-state index < -0.39 is 10.8 Å². The minimum absolute atomic E-state index is 0.636. The van der Waals surface area contributed by atoms with Crippen molar-refractivity contribution in [2.45, 2.75) is 17.7 Å². The average Bonchev–Trinajstić information content (AvgIpc) is 2.48. The van der Waals surface area contributed by atoms with Crippen molar-refractivity contribution in [3.8, 4) is 11.1 Å². The summed E-state index contributed by atoms with van der Waals surface area (Å²) in [5.41, 5.74) is 2.18. The molecule has 2 aromatic rings. The topological polar surface area (TPSA) is 17.1 Å². The molecule has 0 amide bonds. The van der Waals surface area contributed by atoms with Crippen LogP contribution in [0, 0.1) is 0 Å². The standard InChI is InChI=1S/C16H17ClOS/c17-12-6-7-13-19(18)16-11-5-4-10-15(16)14-8-2-1-3-9-14/h1-5,8-11H,6-7,12-13H2. The molecule has 2 rings (SSSR count). The van der Waals surface area contributed by atoms with Gasteiger partial charge in [0.15, 0.2) is 0 Å². The molecule has 0 saturated carbocycles. The van der Waals surface area contributed by atoms with E-state index in [1.165, 1.54) is 0 Å². The van der Waals surface area contributed by atoms with Gasteiger partial charge in [0.05, 0.1) is 10.8 Å². The van der Waals surface area contributed by atoms with Gasteiger partial charge in [-0.1, -0.05) is 48.5 Å². The number of rotatable bonds is 6. The molecule has 100 valence electrons. The van der Waals surface area contributed by atoms with Crippen molar-refractivity contribution in [2.24, 2.45) is 0 Å². The largest absolute Gasteiger partial charge is 0.254 e. The van der Waals surface area contributed by atoms with Gasteiger partial charge in [0, 0.05) is 16.5 Å². The molecule has 0 radical (unpaired) electrons. The summed E-state index contributed by atoms with van der Waals surface area (Å²) in [7, 11) is -0.956. The highest BCUT2D eigenvalue weighted by Gasteiger charge is 2.10. The van der Waals surface area contributed by atoms with Crippen LogP contribution in [0.5, 0.6) is 0 Å². The molecule has 0 saturated heterocycles. The number of benzene rings is 2. The molecule has 0 aliphatic heterocycles. The van der Waals surface area contributed by atoms with Crippen molar-refractivity contribution in [3.63, 3.8) is 0 Å². The third kappa shape index (κ3) is 3.92. The highest BCUT2D eigenvalue weighted by Crippen LogP contribution is 2.26. The summed E-state index contributed by atoms with van der Waals surface area (Å²) >= 11 is 5.66. The molecule has 1 atom stereocenters. The number of hydrogen-bond donors (Lipinski definition) is 0. The van der Waals surface area contributed by atoms with Crippen LogP contribution < -0.4 is 0 Å². The van der Waals surface area contributed by atoms with E-state index in [0.717, 1.165) is 28.9 Å². The monoisotopic (exact) mass is 292 g/mol. The molecule has 3 heteroatoms. The first-order valence-electron chi connectivity index (χ1n) is 6.41. The van der Waals surface area contributed by atoms with Gasteiger partial charge in [0.25, 0.3) is 0 Å². The number of halogens is 1. The molecule has 0 aliphatic rings. The van der Waals surface area contributed by atoms with Crippen LogP contribution in [0.2, 0.25) is 0 Å². The molecular formula is C16H17ClOS. The van der Waals surface area contributed by atoms with Crippen LogP contribution >= 0.6 is 11.6 Å². The molecular weight excluding hydrogens is 276 g/mol. The second-order valence-electron chi connectivity index (χ2n) is 4.31. The van der Waals surface area contributed by atoms with Crippen molar-refractivity contribution in [3.05, 3.63) is 54.6 Å². The Hall–Kier alpha value is -1.12. The molecule has 0 heterocycles. The van der Waals surface area contributed by atoms with Gasteiger partial charge in [-0.25, -0.2) is 0 Å². The van der Waals surface area contributed by atoms with Gasteiger partial charge in [-0.05, 0) is 30.0 Å². The van der Waals surface area contributed by atoms with Gasteiger partial charge >= 0.3 is 0 Å². The fraction of sp³-hybridized carbons (Fsp3) is 0.250. The van der Waals surface area contributed by atoms with E-state index in [2.05, 4.69) is 12.1 Å². The van der Waals surface area contributed by atoms with E-state index in [-0.39, 0.29) is 0 Å². The molecule has 1 nitrogen and oxygen atoms in total. The van der Waals surface area contributed by atoms with E-state index in [1.807, 2.05) is 42.5 Å². The molecule has 0 aromatic heterocycles. The zero-order valence-electron chi connectivity index (χ0n) is 10.7. The summed E-state index contributed by atoms with van der Waals surface area (Å²) in [6.45, 7) is 0. The second-order valence-corrected chi connectivity index (χ2v) is 6.23. The maximum atomic E-state index is 12.4. The first kappa shape index (κ1) is 14.3. The SMILES string of the molecule is O=S(CCCCCl)c1ccccc1-c1ccccc1. The van der Waals surface area contributed by atoms with E-state index in [1.54, 1.807) is 0 Å². The highest BCUT2D eigenvalue weighted by atomic mass is 35.5. The van der Waals surface area contributed by atoms with Crippen molar-refractivity contribution in [1.82, 2.24) is 0 Å². The van der Waals surface area contributed by atoms with E-state index in [4.69, 9.17) is 11.6 Å². The molecule has 0 spiro atoms. The summed E-state index contributed by atoms with van der Waals surface area (Å²) in [6, 6.07) is 18.0.